The predicted molar refractivity (Wildman–Crippen MR) is 85.7 cm³/mol. The van der Waals surface area contributed by atoms with Crippen LogP contribution in [-0.2, 0) is 4.43 Å². The van der Waals surface area contributed by atoms with E-state index in [9.17, 15) is 0 Å². The molecular weight excluding hydrogens is 236 g/mol. The summed E-state index contributed by atoms with van der Waals surface area (Å²) in [6.07, 6.45) is 13.0. The highest BCUT2D eigenvalue weighted by atomic mass is 28.4. The lowest BCUT2D eigenvalue weighted by molar-refractivity contribution is 0.196. The lowest BCUT2D eigenvalue weighted by atomic mass is 10.1. The van der Waals surface area contributed by atoms with E-state index in [1.807, 2.05) is 0 Å². The quantitative estimate of drug-likeness (QED) is 0.306. The lowest BCUT2D eigenvalue weighted by Gasteiger charge is -2.26. The van der Waals surface area contributed by atoms with Gasteiger partial charge in [0, 0.05) is 6.10 Å². The second-order valence-corrected chi connectivity index (χ2v) is 10.8. The largest absolute Gasteiger partial charge is 0.415 e. The molecule has 0 aliphatic carbocycles. The minimum atomic E-state index is -1.33. The molecule has 0 N–H and O–H groups in total. The second-order valence-electron chi connectivity index (χ2n) is 6.31. The van der Waals surface area contributed by atoms with Crippen LogP contribution in [0.3, 0.4) is 0 Å². The molecule has 2 heteroatoms. The van der Waals surface area contributed by atoms with Gasteiger partial charge in [0.1, 0.15) is 0 Å². The fraction of sp³-hybridized carbons (Fsp3) is 1.00. The van der Waals surface area contributed by atoms with Crippen molar-refractivity contribution in [2.45, 2.75) is 104 Å². The highest BCUT2D eigenvalue weighted by molar-refractivity contribution is 6.71. The van der Waals surface area contributed by atoms with Gasteiger partial charge in [-0.15, -0.1) is 0 Å². The summed E-state index contributed by atoms with van der Waals surface area (Å²) >= 11 is 0. The fourth-order valence-corrected chi connectivity index (χ4v) is 3.63. The van der Waals surface area contributed by atoms with E-state index >= 15 is 0 Å². The van der Waals surface area contributed by atoms with E-state index in [0.717, 1.165) is 0 Å². The fourth-order valence-electron chi connectivity index (χ4n) is 2.25. The van der Waals surface area contributed by atoms with Crippen LogP contribution in [0.5, 0.6) is 0 Å². The topological polar surface area (TPSA) is 9.23 Å². The van der Waals surface area contributed by atoms with Crippen molar-refractivity contribution in [3.05, 3.63) is 0 Å². The Balaban J connectivity index is 3.33. The zero-order valence-corrected chi connectivity index (χ0v) is 14.6. The summed E-state index contributed by atoms with van der Waals surface area (Å²) in [7, 11) is -1.33. The Morgan fingerprint density at radius 1 is 0.833 bits per heavy atom. The first-order valence-electron chi connectivity index (χ1n) is 8.19. The van der Waals surface area contributed by atoms with Gasteiger partial charge in [-0.2, -0.15) is 0 Å². The van der Waals surface area contributed by atoms with Gasteiger partial charge in [0.25, 0.3) is 0 Å². The number of unbranched alkanes of at least 4 members (excludes halogenated alkanes) is 7. The summed E-state index contributed by atoms with van der Waals surface area (Å²) in [5, 5.41) is 0. The van der Waals surface area contributed by atoms with E-state index in [4.69, 9.17) is 4.43 Å². The van der Waals surface area contributed by atoms with E-state index in [-0.39, 0.29) is 0 Å². The zero-order chi connectivity index (χ0) is 13.9. The van der Waals surface area contributed by atoms with Crippen LogP contribution < -0.4 is 0 Å². The molecule has 0 fully saturated rings. The van der Waals surface area contributed by atoms with Gasteiger partial charge < -0.3 is 4.43 Å². The minimum Gasteiger partial charge on any atom is -0.415 e. The van der Waals surface area contributed by atoms with E-state index in [1.54, 1.807) is 0 Å². The first-order valence-corrected chi connectivity index (χ1v) is 11.3. The predicted octanol–water partition coefficient (Wildman–Crippen LogP) is 6.15. The van der Waals surface area contributed by atoms with Crippen LogP contribution in [0.25, 0.3) is 0 Å². The second kappa shape index (κ2) is 11.0. The Hall–Kier alpha value is 0.177. The van der Waals surface area contributed by atoms with Gasteiger partial charge in [0.2, 0.25) is 0 Å². The van der Waals surface area contributed by atoms with Crippen LogP contribution in [-0.4, -0.2) is 14.4 Å². The molecule has 0 spiro atoms. The molecule has 0 aromatic heterocycles. The monoisotopic (exact) mass is 272 g/mol. The molecule has 0 amide bonds. The Kier molecular flexibility index (Phi) is 11.1. The van der Waals surface area contributed by atoms with Gasteiger partial charge in [-0.25, -0.2) is 0 Å². The normalized spacial score (nSPS) is 13.8. The van der Waals surface area contributed by atoms with Gasteiger partial charge >= 0.3 is 0 Å². The standard InChI is InChI=1S/C16H36OSi/c1-6-8-9-10-11-12-13-14-15-16(3)17-18(4,5)7-2/h16H,6-15H2,1-5H3. The van der Waals surface area contributed by atoms with Crippen LogP contribution in [0, 0.1) is 0 Å². The summed E-state index contributed by atoms with van der Waals surface area (Å²) in [6.45, 7) is 11.5. The molecule has 0 aromatic carbocycles. The molecule has 18 heavy (non-hydrogen) atoms. The van der Waals surface area contributed by atoms with E-state index < -0.39 is 8.32 Å². The molecule has 0 heterocycles. The van der Waals surface area contributed by atoms with Crippen molar-refractivity contribution in [3.63, 3.8) is 0 Å². The molecule has 0 aliphatic heterocycles. The van der Waals surface area contributed by atoms with E-state index in [1.165, 1.54) is 63.8 Å². The molecule has 1 unspecified atom stereocenters. The molecule has 0 radical (unpaired) electrons. The maximum absolute atomic E-state index is 6.19. The Morgan fingerprint density at radius 2 is 1.33 bits per heavy atom. The molecule has 1 nitrogen and oxygen atoms in total. The van der Waals surface area contributed by atoms with Gasteiger partial charge in [-0.1, -0.05) is 65.2 Å². The van der Waals surface area contributed by atoms with E-state index in [2.05, 4.69) is 33.9 Å². The molecule has 110 valence electrons. The number of hydrogen-bond acceptors (Lipinski definition) is 1. The first-order chi connectivity index (χ1) is 8.52. The highest BCUT2D eigenvalue weighted by Gasteiger charge is 2.21. The van der Waals surface area contributed by atoms with Gasteiger partial charge in [0.05, 0.1) is 0 Å². The number of rotatable bonds is 12. The summed E-state index contributed by atoms with van der Waals surface area (Å²) in [5.41, 5.74) is 0. The summed E-state index contributed by atoms with van der Waals surface area (Å²) in [6, 6.07) is 1.23. The van der Waals surface area contributed by atoms with Crippen LogP contribution in [0.1, 0.15) is 78.6 Å². The molecule has 1 atom stereocenters. The van der Waals surface area contributed by atoms with Crippen molar-refractivity contribution in [1.82, 2.24) is 0 Å². The van der Waals surface area contributed by atoms with Crippen molar-refractivity contribution in [3.8, 4) is 0 Å². The minimum absolute atomic E-state index is 0.478. The zero-order valence-electron chi connectivity index (χ0n) is 13.6. The highest BCUT2D eigenvalue weighted by Crippen LogP contribution is 2.17. The van der Waals surface area contributed by atoms with Crippen molar-refractivity contribution in [2.75, 3.05) is 0 Å². The summed E-state index contributed by atoms with van der Waals surface area (Å²) < 4.78 is 6.19. The number of hydrogen-bond donors (Lipinski definition) is 0. The van der Waals surface area contributed by atoms with Crippen LogP contribution in [0.15, 0.2) is 0 Å². The Morgan fingerprint density at radius 3 is 1.83 bits per heavy atom. The van der Waals surface area contributed by atoms with Crippen molar-refractivity contribution in [1.29, 1.82) is 0 Å². The average molecular weight is 273 g/mol. The maximum Gasteiger partial charge on any atom is 0.186 e. The van der Waals surface area contributed by atoms with Gasteiger partial charge in [0.15, 0.2) is 8.32 Å². The summed E-state index contributed by atoms with van der Waals surface area (Å²) in [5.74, 6) is 0. The van der Waals surface area contributed by atoms with Crippen molar-refractivity contribution in [2.24, 2.45) is 0 Å². The molecule has 0 saturated heterocycles. The Labute approximate surface area is 117 Å². The van der Waals surface area contributed by atoms with Crippen LogP contribution >= 0.6 is 0 Å². The van der Waals surface area contributed by atoms with Gasteiger partial charge in [-0.05, 0) is 32.5 Å². The maximum atomic E-state index is 6.19. The average Bonchev–Trinajstić information content (AvgIpc) is 2.32. The molecule has 0 aromatic rings. The summed E-state index contributed by atoms with van der Waals surface area (Å²) in [4.78, 5) is 0. The third-order valence-corrected chi connectivity index (χ3v) is 6.58. The SMILES string of the molecule is CCCCCCCCCCC(C)O[Si](C)(C)CC. The first kappa shape index (κ1) is 18.2. The molecule has 0 rings (SSSR count). The molecular formula is C16H36OSi. The molecule has 0 aliphatic rings. The molecule has 0 bridgehead atoms. The van der Waals surface area contributed by atoms with Gasteiger partial charge in [-0.3, -0.25) is 0 Å². The Bertz CT molecular complexity index is 180. The van der Waals surface area contributed by atoms with E-state index in [0.29, 0.717) is 6.10 Å². The van der Waals surface area contributed by atoms with Crippen molar-refractivity contribution < 1.29 is 4.43 Å². The third kappa shape index (κ3) is 11.3. The van der Waals surface area contributed by atoms with Crippen molar-refractivity contribution >= 4 is 8.32 Å². The van der Waals surface area contributed by atoms with Crippen LogP contribution in [0.2, 0.25) is 19.1 Å². The molecule has 0 saturated carbocycles. The third-order valence-electron chi connectivity index (χ3n) is 3.84. The van der Waals surface area contributed by atoms with Crippen LogP contribution in [0.4, 0.5) is 0 Å². The smallest absolute Gasteiger partial charge is 0.186 e. The lowest BCUT2D eigenvalue weighted by Crippen LogP contribution is -2.33.